The number of benzene rings is 1. The lowest BCUT2D eigenvalue weighted by Crippen LogP contribution is -2.27. The van der Waals surface area contributed by atoms with Crippen LogP contribution in [0.15, 0.2) is 115 Å². The van der Waals surface area contributed by atoms with Gasteiger partial charge < -0.3 is 9.80 Å². The summed E-state index contributed by atoms with van der Waals surface area (Å²) in [4.78, 5) is 4.54. The lowest BCUT2D eigenvalue weighted by atomic mass is 9.87. The molecule has 0 N–H and O–H groups in total. The van der Waals surface area contributed by atoms with E-state index in [-0.39, 0.29) is 0 Å². The molecule has 1 fully saturated rings. The number of anilines is 1. The highest BCUT2D eigenvalue weighted by atomic mass is 15.1. The molecular weight excluding hydrogens is 352 g/mol. The van der Waals surface area contributed by atoms with Crippen molar-refractivity contribution >= 4 is 5.69 Å². The van der Waals surface area contributed by atoms with Crippen molar-refractivity contribution in [2.75, 3.05) is 25.0 Å². The molecule has 2 nitrogen and oxygen atoms in total. The zero-order valence-corrected chi connectivity index (χ0v) is 18.2. The predicted molar refractivity (Wildman–Crippen MR) is 129 cm³/mol. The Hall–Kier alpha value is -2.84. The summed E-state index contributed by atoms with van der Waals surface area (Å²) in [6.45, 7) is 18.3. The van der Waals surface area contributed by atoms with E-state index in [1.54, 1.807) is 0 Å². The maximum atomic E-state index is 4.21. The van der Waals surface area contributed by atoms with E-state index in [1.807, 2.05) is 32.1 Å². The van der Waals surface area contributed by atoms with Gasteiger partial charge in [0.1, 0.15) is 0 Å². The molecule has 0 amide bonds. The van der Waals surface area contributed by atoms with Crippen LogP contribution in [0.1, 0.15) is 26.7 Å². The van der Waals surface area contributed by atoms with Crippen molar-refractivity contribution in [2.24, 2.45) is 0 Å². The topological polar surface area (TPSA) is 6.48 Å². The Balaban J connectivity index is 0.00000145. The predicted octanol–water partition coefficient (Wildman–Crippen LogP) is 6.81. The molecule has 0 spiro atoms. The number of hydrogen-bond acceptors (Lipinski definition) is 2. The molecule has 0 aliphatic carbocycles. The van der Waals surface area contributed by atoms with E-state index in [0.29, 0.717) is 0 Å². The van der Waals surface area contributed by atoms with Crippen LogP contribution in [0.5, 0.6) is 0 Å². The summed E-state index contributed by atoms with van der Waals surface area (Å²) < 4.78 is 0. The quantitative estimate of drug-likeness (QED) is 0.513. The smallest absolute Gasteiger partial charge is 0.0455 e. The van der Waals surface area contributed by atoms with Crippen molar-refractivity contribution in [1.82, 2.24) is 4.90 Å². The minimum Gasteiger partial charge on any atom is -0.317 e. The molecule has 0 radical (unpaired) electrons. The van der Waals surface area contributed by atoms with Gasteiger partial charge in [0.05, 0.1) is 0 Å². The molecule has 0 atom stereocenters. The minimum absolute atomic E-state index is 0.963. The molecule has 1 saturated heterocycles. The minimum atomic E-state index is 0.963. The molecule has 0 unspecified atom stereocenters. The van der Waals surface area contributed by atoms with Gasteiger partial charge in [-0.3, -0.25) is 0 Å². The molecule has 1 aromatic carbocycles. The Morgan fingerprint density at radius 2 is 1.66 bits per heavy atom. The summed E-state index contributed by atoms with van der Waals surface area (Å²) in [7, 11) is 2.19. The van der Waals surface area contributed by atoms with E-state index < -0.39 is 0 Å². The van der Waals surface area contributed by atoms with Crippen molar-refractivity contribution in [1.29, 1.82) is 0 Å². The molecule has 2 aliphatic heterocycles. The first-order valence-corrected chi connectivity index (χ1v) is 10.4. The Morgan fingerprint density at radius 1 is 1.00 bits per heavy atom. The number of piperidine rings is 1. The van der Waals surface area contributed by atoms with Gasteiger partial charge in [0.2, 0.25) is 0 Å². The largest absolute Gasteiger partial charge is 0.317 e. The summed E-state index contributed by atoms with van der Waals surface area (Å²) >= 11 is 0. The van der Waals surface area contributed by atoms with E-state index >= 15 is 0 Å². The Labute approximate surface area is 177 Å². The fourth-order valence-corrected chi connectivity index (χ4v) is 3.60. The molecule has 2 heterocycles. The third-order valence-electron chi connectivity index (χ3n) is 5.11. The molecule has 2 aliphatic rings. The maximum absolute atomic E-state index is 4.21. The molecule has 0 saturated carbocycles. The van der Waals surface area contributed by atoms with Gasteiger partial charge in [-0.25, -0.2) is 0 Å². The zero-order valence-electron chi connectivity index (χ0n) is 18.2. The Morgan fingerprint density at radius 3 is 2.24 bits per heavy atom. The summed E-state index contributed by atoms with van der Waals surface area (Å²) in [5.74, 6) is 0. The van der Waals surface area contributed by atoms with Crippen molar-refractivity contribution in [3.63, 3.8) is 0 Å². The number of likely N-dealkylation sites (tertiary alicyclic amines) is 1. The third-order valence-corrected chi connectivity index (χ3v) is 5.11. The van der Waals surface area contributed by atoms with Gasteiger partial charge in [-0.2, -0.15) is 0 Å². The van der Waals surface area contributed by atoms with Crippen LogP contribution in [0, 0.1) is 0 Å². The van der Waals surface area contributed by atoms with Crippen LogP contribution in [0.2, 0.25) is 0 Å². The molecule has 0 bridgehead atoms. The molecular formula is C27H34N2. The molecule has 1 aromatic rings. The normalized spacial score (nSPS) is 17.3. The fourth-order valence-electron chi connectivity index (χ4n) is 3.60. The van der Waals surface area contributed by atoms with Gasteiger partial charge in [0.25, 0.3) is 0 Å². The summed E-state index contributed by atoms with van der Waals surface area (Å²) in [6, 6.07) is 10.4. The van der Waals surface area contributed by atoms with E-state index in [0.717, 1.165) is 42.9 Å². The van der Waals surface area contributed by atoms with Gasteiger partial charge in [0, 0.05) is 30.7 Å². The van der Waals surface area contributed by atoms with Gasteiger partial charge in [-0.15, -0.1) is 0 Å². The third kappa shape index (κ3) is 5.58. The molecule has 2 heteroatoms. The van der Waals surface area contributed by atoms with Crippen LogP contribution in [-0.2, 0) is 0 Å². The van der Waals surface area contributed by atoms with E-state index in [9.17, 15) is 0 Å². The first kappa shape index (κ1) is 22.4. The summed E-state index contributed by atoms with van der Waals surface area (Å²) in [5, 5.41) is 0. The highest BCUT2D eigenvalue weighted by Gasteiger charge is 2.20. The first-order valence-electron chi connectivity index (χ1n) is 10.4. The second-order valence-corrected chi connectivity index (χ2v) is 6.96. The van der Waals surface area contributed by atoms with Crippen LogP contribution in [0.4, 0.5) is 5.69 Å². The number of allylic oxidation sites excluding steroid dienone is 8. The second-order valence-electron chi connectivity index (χ2n) is 6.96. The standard InChI is InChI=1S/C25H28N2.C2H6/c1-5-10-21(6-2)25(22-15-17-26(4)18-16-22)23-14-13-20(3)27(19-23)24-11-8-7-9-12-24;1-2/h5-14,19H,1-3,15-18H2,4H3;1-2H3/b21-10+;. The van der Waals surface area contributed by atoms with Crippen LogP contribution in [0.3, 0.4) is 0 Å². The lowest BCUT2D eigenvalue weighted by Gasteiger charge is -2.30. The average molecular weight is 387 g/mol. The van der Waals surface area contributed by atoms with Gasteiger partial charge >= 0.3 is 0 Å². The number of hydrogen-bond donors (Lipinski definition) is 0. The molecule has 152 valence electrons. The van der Waals surface area contributed by atoms with Crippen molar-refractivity contribution < 1.29 is 0 Å². The van der Waals surface area contributed by atoms with Gasteiger partial charge in [0.15, 0.2) is 0 Å². The number of nitrogens with zero attached hydrogens (tertiary/aromatic N) is 2. The molecule has 0 aromatic heterocycles. The SMILES string of the molecule is C=C/C=C(\C=C)C(C1=CN(c2ccccc2)C(=C)C=C1)=C1CCN(C)CC1.CC. The van der Waals surface area contributed by atoms with Crippen molar-refractivity contribution in [3.05, 3.63) is 115 Å². The van der Waals surface area contributed by atoms with Gasteiger partial charge in [-0.05, 0) is 54.8 Å². The lowest BCUT2D eigenvalue weighted by molar-refractivity contribution is 0.311. The number of rotatable bonds is 5. The first-order chi connectivity index (χ1) is 14.1. The molecule has 3 rings (SSSR count). The Kier molecular flexibility index (Phi) is 8.69. The van der Waals surface area contributed by atoms with Crippen LogP contribution < -0.4 is 4.90 Å². The van der Waals surface area contributed by atoms with Crippen LogP contribution >= 0.6 is 0 Å². The highest BCUT2D eigenvalue weighted by molar-refractivity contribution is 5.67. The zero-order chi connectivity index (χ0) is 21.2. The highest BCUT2D eigenvalue weighted by Crippen LogP contribution is 2.34. The van der Waals surface area contributed by atoms with Crippen molar-refractivity contribution in [3.8, 4) is 0 Å². The molecule has 29 heavy (non-hydrogen) atoms. The Bertz CT molecular complexity index is 840. The van der Waals surface area contributed by atoms with E-state index in [1.165, 1.54) is 16.7 Å². The van der Waals surface area contributed by atoms with Gasteiger partial charge in [-0.1, -0.05) is 81.7 Å². The average Bonchev–Trinajstić information content (AvgIpc) is 2.77. The monoisotopic (exact) mass is 386 g/mol. The van der Waals surface area contributed by atoms with E-state index in [2.05, 4.69) is 85.3 Å². The second kappa shape index (κ2) is 11.2. The number of para-hydroxylation sites is 1. The summed E-state index contributed by atoms with van der Waals surface area (Å²) in [6.07, 6.45) is 14.4. The summed E-state index contributed by atoms with van der Waals surface area (Å²) in [5.41, 5.74) is 7.16. The van der Waals surface area contributed by atoms with Crippen molar-refractivity contribution in [2.45, 2.75) is 26.7 Å². The maximum Gasteiger partial charge on any atom is 0.0455 e. The fraction of sp³-hybridized carbons (Fsp3) is 0.259. The van der Waals surface area contributed by atoms with E-state index in [4.69, 9.17) is 0 Å². The van der Waals surface area contributed by atoms with Crippen LogP contribution in [-0.4, -0.2) is 25.0 Å². The van der Waals surface area contributed by atoms with Crippen LogP contribution in [0.25, 0.3) is 0 Å².